The number of hydrogen-bond acceptors (Lipinski definition) is 10. The maximum absolute atomic E-state index is 12.1. The van der Waals surface area contributed by atoms with Crippen molar-refractivity contribution >= 4 is 60.4 Å². The first-order valence-corrected chi connectivity index (χ1v) is 11.9. The maximum Gasteiger partial charge on any atom is 0.348 e. The Kier molecular flexibility index (Phi) is 7.48. The Morgan fingerprint density at radius 3 is 2.09 bits per heavy atom. The molecule has 4 aromatic rings. The van der Waals surface area contributed by atoms with Gasteiger partial charge in [0.1, 0.15) is 15.5 Å². The van der Waals surface area contributed by atoms with Gasteiger partial charge in [0.15, 0.2) is 0 Å². The van der Waals surface area contributed by atoms with Crippen LogP contribution in [0.3, 0.4) is 0 Å². The standard InChI is InChI=1S/C23H21N5O3S2/c1-3-4-13-31-22(29)20-14-19-21(32-20)24-23(33-19)28-27-16-7-5-15(6-8-16)25-26-17-9-11-18(30-2)12-10-17/h5-12,14H,3-4,13H2,1-2H3. The van der Waals surface area contributed by atoms with Gasteiger partial charge in [-0.25, -0.2) is 9.78 Å². The third kappa shape index (κ3) is 6.05. The molecule has 10 heteroatoms. The topological polar surface area (TPSA) is 97.9 Å². The number of hydrogen-bond donors (Lipinski definition) is 0. The van der Waals surface area contributed by atoms with Crippen LogP contribution >= 0.6 is 22.7 Å². The van der Waals surface area contributed by atoms with E-state index in [4.69, 9.17) is 9.47 Å². The van der Waals surface area contributed by atoms with Gasteiger partial charge in [-0.15, -0.1) is 21.6 Å². The van der Waals surface area contributed by atoms with Crippen LogP contribution in [0.15, 0.2) is 75.1 Å². The Morgan fingerprint density at radius 2 is 1.52 bits per heavy atom. The Morgan fingerprint density at radius 1 is 0.909 bits per heavy atom. The third-order valence-corrected chi connectivity index (χ3v) is 6.49. The molecule has 2 heterocycles. The van der Waals surface area contributed by atoms with Crippen LogP contribution in [0, 0.1) is 0 Å². The van der Waals surface area contributed by atoms with E-state index in [2.05, 4.69) is 32.4 Å². The number of ether oxygens (including phenoxy) is 2. The maximum atomic E-state index is 12.1. The second kappa shape index (κ2) is 10.9. The third-order valence-electron chi connectivity index (χ3n) is 4.46. The predicted molar refractivity (Wildman–Crippen MR) is 130 cm³/mol. The highest BCUT2D eigenvalue weighted by Gasteiger charge is 2.15. The quantitative estimate of drug-likeness (QED) is 0.137. The van der Waals surface area contributed by atoms with Crippen LogP contribution in [0.2, 0.25) is 0 Å². The molecular formula is C23H21N5O3S2. The first-order valence-electron chi connectivity index (χ1n) is 10.3. The number of unbranched alkanes of at least 4 members (excludes halogenated alkanes) is 1. The molecule has 0 N–H and O–H groups in total. The minimum absolute atomic E-state index is 0.300. The lowest BCUT2D eigenvalue weighted by atomic mass is 10.3. The molecule has 2 aromatic carbocycles. The van der Waals surface area contributed by atoms with Gasteiger partial charge in [-0.3, -0.25) is 0 Å². The summed E-state index contributed by atoms with van der Waals surface area (Å²) in [6.45, 7) is 2.49. The molecule has 0 radical (unpaired) electrons. The number of carbonyl (C=O) groups is 1. The van der Waals surface area contributed by atoms with E-state index >= 15 is 0 Å². The summed E-state index contributed by atoms with van der Waals surface area (Å²) in [7, 11) is 1.62. The number of methoxy groups -OCH3 is 1. The highest BCUT2D eigenvalue weighted by atomic mass is 32.1. The van der Waals surface area contributed by atoms with Gasteiger partial charge in [-0.2, -0.15) is 10.2 Å². The number of aromatic nitrogens is 1. The predicted octanol–water partition coefficient (Wildman–Crippen LogP) is 8.15. The number of thiazole rings is 1. The van der Waals surface area contributed by atoms with Crippen molar-refractivity contribution in [3.63, 3.8) is 0 Å². The first-order chi connectivity index (χ1) is 16.1. The molecule has 0 unspecified atom stereocenters. The van der Waals surface area contributed by atoms with Crippen molar-refractivity contribution in [1.82, 2.24) is 4.98 Å². The van der Waals surface area contributed by atoms with E-state index in [1.54, 1.807) is 13.2 Å². The normalized spacial score (nSPS) is 11.6. The molecular weight excluding hydrogens is 458 g/mol. The van der Waals surface area contributed by atoms with Crippen LogP contribution in [0.4, 0.5) is 22.2 Å². The van der Waals surface area contributed by atoms with E-state index in [1.807, 2.05) is 48.5 Å². The number of rotatable bonds is 9. The fourth-order valence-electron chi connectivity index (χ4n) is 2.70. The van der Waals surface area contributed by atoms with Crippen LogP contribution in [0.25, 0.3) is 9.53 Å². The van der Waals surface area contributed by atoms with Gasteiger partial charge in [0.2, 0.25) is 5.13 Å². The molecule has 0 bridgehead atoms. The summed E-state index contributed by atoms with van der Waals surface area (Å²) in [5.41, 5.74) is 2.12. The summed E-state index contributed by atoms with van der Waals surface area (Å²) in [5.74, 6) is 0.472. The smallest absolute Gasteiger partial charge is 0.348 e. The first kappa shape index (κ1) is 22.7. The largest absolute Gasteiger partial charge is 0.497 e. The number of fused-ring (bicyclic) bond motifs is 1. The summed E-state index contributed by atoms with van der Waals surface area (Å²) in [6.07, 6.45) is 1.85. The zero-order valence-electron chi connectivity index (χ0n) is 18.1. The Balaban J connectivity index is 1.36. The average Bonchev–Trinajstić information content (AvgIpc) is 3.42. The van der Waals surface area contributed by atoms with Crippen LogP contribution < -0.4 is 4.74 Å². The molecule has 0 fully saturated rings. The molecule has 0 aliphatic carbocycles. The molecule has 0 atom stereocenters. The molecule has 0 saturated carbocycles. The molecule has 0 saturated heterocycles. The molecule has 168 valence electrons. The lowest BCUT2D eigenvalue weighted by molar-refractivity contribution is 0.0505. The SMILES string of the molecule is CCCCOC(=O)c1cc2sc(N=Nc3ccc(N=Nc4ccc(OC)cc4)cc3)nc2s1. The highest BCUT2D eigenvalue weighted by molar-refractivity contribution is 7.29. The van der Waals surface area contributed by atoms with Crippen molar-refractivity contribution < 1.29 is 14.3 Å². The van der Waals surface area contributed by atoms with Gasteiger partial charge in [0.05, 0.1) is 35.5 Å². The van der Waals surface area contributed by atoms with E-state index in [0.717, 1.165) is 33.8 Å². The minimum atomic E-state index is -0.300. The van der Waals surface area contributed by atoms with E-state index in [9.17, 15) is 4.79 Å². The number of benzene rings is 2. The second-order valence-electron chi connectivity index (χ2n) is 6.88. The zero-order chi connectivity index (χ0) is 23.0. The molecule has 33 heavy (non-hydrogen) atoms. The van der Waals surface area contributed by atoms with Gasteiger partial charge < -0.3 is 9.47 Å². The summed E-state index contributed by atoms with van der Waals surface area (Å²) in [4.78, 5) is 17.8. The van der Waals surface area contributed by atoms with Gasteiger partial charge in [-0.1, -0.05) is 24.7 Å². The van der Waals surface area contributed by atoms with Crippen molar-refractivity contribution in [1.29, 1.82) is 0 Å². The number of esters is 1. The zero-order valence-corrected chi connectivity index (χ0v) is 19.7. The summed E-state index contributed by atoms with van der Waals surface area (Å²) in [5, 5.41) is 17.4. The fraction of sp³-hybridized carbons (Fsp3) is 0.217. The molecule has 0 spiro atoms. The van der Waals surface area contributed by atoms with Gasteiger partial charge in [0, 0.05) is 0 Å². The van der Waals surface area contributed by atoms with E-state index in [0.29, 0.717) is 28.0 Å². The van der Waals surface area contributed by atoms with Gasteiger partial charge in [-0.05, 0) is 61.0 Å². The van der Waals surface area contributed by atoms with E-state index in [-0.39, 0.29) is 5.97 Å². The van der Waals surface area contributed by atoms with Crippen LogP contribution in [0.5, 0.6) is 5.75 Å². The van der Waals surface area contributed by atoms with Crippen molar-refractivity contribution in [3.05, 3.63) is 59.5 Å². The Bertz CT molecular complexity index is 1250. The molecule has 0 aliphatic heterocycles. The number of carbonyl (C=O) groups excluding carboxylic acids is 1. The van der Waals surface area contributed by atoms with Crippen molar-refractivity contribution in [2.24, 2.45) is 20.5 Å². The Labute approximate surface area is 198 Å². The van der Waals surface area contributed by atoms with Gasteiger partial charge in [0.25, 0.3) is 0 Å². The average molecular weight is 480 g/mol. The number of nitrogens with zero attached hydrogens (tertiary/aromatic N) is 5. The van der Waals surface area contributed by atoms with Crippen LogP contribution in [0.1, 0.15) is 29.4 Å². The van der Waals surface area contributed by atoms with E-state index < -0.39 is 0 Å². The lowest BCUT2D eigenvalue weighted by Gasteiger charge is -2.00. The Hall–Kier alpha value is -3.50. The summed E-state index contributed by atoms with van der Waals surface area (Å²) < 4.78 is 11.3. The molecule has 0 aliphatic rings. The molecule has 8 nitrogen and oxygen atoms in total. The van der Waals surface area contributed by atoms with Gasteiger partial charge >= 0.3 is 5.97 Å². The van der Waals surface area contributed by atoms with Crippen LogP contribution in [-0.2, 0) is 4.74 Å². The second-order valence-corrected chi connectivity index (χ2v) is 8.92. The van der Waals surface area contributed by atoms with Crippen molar-refractivity contribution in [2.45, 2.75) is 19.8 Å². The summed E-state index contributed by atoms with van der Waals surface area (Å²) >= 11 is 2.69. The lowest BCUT2D eigenvalue weighted by Crippen LogP contribution is -2.03. The number of thiophene rings is 1. The van der Waals surface area contributed by atoms with Crippen molar-refractivity contribution in [3.8, 4) is 5.75 Å². The highest BCUT2D eigenvalue weighted by Crippen LogP contribution is 2.35. The molecule has 2 aromatic heterocycles. The summed E-state index contributed by atoms with van der Waals surface area (Å²) in [6, 6.07) is 16.4. The number of azo groups is 2. The fourth-order valence-corrected chi connectivity index (χ4v) is 4.62. The minimum Gasteiger partial charge on any atom is -0.497 e. The molecule has 4 rings (SSSR count). The van der Waals surface area contributed by atoms with Crippen LogP contribution in [-0.4, -0.2) is 24.7 Å². The molecule has 0 amide bonds. The van der Waals surface area contributed by atoms with E-state index in [1.165, 1.54) is 22.7 Å². The van der Waals surface area contributed by atoms with Crippen molar-refractivity contribution in [2.75, 3.05) is 13.7 Å². The monoisotopic (exact) mass is 479 g/mol.